The number of nitrogens with two attached hydrogens (primary N) is 1. The number of carbonyl (C=O) groups is 3. The van der Waals surface area contributed by atoms with Crippen LogP contribution in [-0.4, -0.2) is 53.2 Å². The molecule has 0 aliphatic rings. The van der Waals surface area contributed by atoms with Gasteiger partial charge in [0.15, 0.2) is 0 Å². The molecule has 0 aromatic carbocycles. The van der Waals surface area contributed by atoms with Crippen LogP contribution < -0.4 is 11.1 Å². The van der Waals surface area contributed by atoms with Crippen molar-refractivity contribution >= 4 is 30.1 Å². The zero-order chi connectivity index (χ0) is 13.7. The van der Waals surface area contributed by atoms with E-state index in [9.17, 15) is 14.4 Å². The minimum absolute atomic E-state index is 0.0694. The summed E-state index contributed by atoms with van der Waals surface area (Å²) in [5.41, 5.74) is 4.85. The largest absolute Gasteiger partial charge is 0.481 e. The van der Waals surface area contributed by atoms with Gasteiger partial charge in [0.05, 0.1) is 6.42 Å². The molecule has 0 heterocycles. The van der Waals surface area contributed by atoms with Gasteiger partial charge in [-0.2, -0.15) is 11.8 Å². The van der Waals surface area contributed by atoms with Crippen molar-refractivity contribution in [2.24, 2.45) is 5.73 Å². The lowest BCUT2D eigenvalue weighted by Crippen LogP contribution is -2.36. The third kappa shape index (κ3) is 14.7. The Morgan fingerprint density at radius 2 is 2.06 bits per heavy atom. The van der Waals surface area contributed by atoms with Gasteiger partial charge in [0.1, 0.15) is 6.04 Å². The molecule has 0 bridgehead atoms. The standard InChI is InChI=1S/C6H11NO3S.C3H7NO2/c1-11-3-2-5(6(9)10)7-4-8;4-2-1-3(5)6/h4-5H,2-3H2,1H3,(H,7,8)(H,9,10);1-2,4H2,(H,5,6)/t5-;/m0./s1. The first kappa shape index (κ1) is 18.1. The molecule has 8 heteroatoms. The molecule has 0 radical (unpaired) electrons. The van der Waals surface area contributed by atoms with Gasteiger partial charge in [0.2, 0.25) is 6.41 Å². The van der Waals surface area contributed by atoms with E-state index in [1.54, 1.807) is 11.8 Å². The maximum atomic E-state index is 10.4. The average Bonchev–Trinajstić information content (AvgIpc) is 2.24. The monoisotopic (exact) mass is 266 g/mol. The molecule has 0 saturated carbocycles. The molecule has 0 unspecified atom stereocenters. The van der Waals surface area contributed by atoms with Crippen LogP contribution in [0.25, 0.3) is 0 Å². The van der Waals surface area contributed by atoms with Crippen molar-refractivity contribution in [2.45, 2.75) is 18.9 Å². The number of thioether (sulfide) groups is 1. The summed E-state index contributed by atoms with van der Waals surface area (Å²) in [4.78, 5) is 29.8. The van der Waals surface area contributed by atoms with E-state index in [-0.39, 0.29) is 13.0 Å². The zero-order valence-electron chi connectivity index (χ0n) is 9.59. The van der Waals surface area contributed by atoms with E-state index in [0.29, 0.717) is 12.8 Å². The quantitative estimate of drug-likeness (QED) is 0.430. The molecule has 17 heavy (non-hydrogen) atoms. The van der Waals surface area contributed by atoms with Gasteiger partial charge in [-0.25, -0.2) is 4.79 Å². The molecule has 0 aromatic rings. The molecule has 100 valence electrons. The van der Waals surface area contributed by atoms with Crippen LogP contribution in [0.1, 0.15) is 12.8 Å². The predicted molar refractivity (Wildman–Crippen MR) is 64.9 cm³/mol. The Kier molecular flexibility index (Phi) is 13.6. The van der Waals surface area contributed by atoms with Gasteiger partial charge >= 0.3 is 11.9 Å². The maximum Gasteiger partial charge on any atom is 0.326 e. The molecule has 7 nitrogen and oxygen atoms in total. The Balaban J connectivity index is 0. The van der Waals surface area contributed by atoms with Gasteiger partial charge in [-0.1, -0.05) is 0 Å². The Morgan fingerprint density at radius 1 is 1.47 bits per heavy atom. The fourth-order valence-electron chi connectivity index (χ4n) is 0.719. The molecular weight excluding hydrogens is 248 g/mol. The molecule has 5 N–H and O–H groups in total. The molecule has 0 fully saturated rings. The lowest BCUT2D eigenvalue weighted by molar-refractivity contribution is -0.140. The Hall–Kier alpha value is -1.28. The van der Waals surface area contributed by atoms with Gasteiger partial charge in [-0.05, 0) is 18.4 Å². The lowest BCUT2D eigenvalue weighted by Gasteiger charge is -2.08. The summed E-state index contributed by atoms with van der Waals surface area (Å²) >= 11 is 1.55. The Bertz CT molecular complexity index is 237. The van der Waals surface area contributed by atoms with E-state index >= 15 is 0 Å². The number of rotatable bonds is 8. The molecule has 0 spiro atoms. The predicted octanol–water partition coefficient (Wildman–Crippen LogP) is -0.641. The van der Waals surface area contributed by atoms with Crippen molar-refractivity contribution in [2.75, 3.05) is 18.6 Å². The number of amides is 1. The molecule has 1 amide bonds. The fourth-order valence-corrected chi connectivity index (χ4v) is 1.19. The van der Waals surface area contributed by atoms with Crippen molar-refractivity contribution < 1.29 is 24.6 Å². The number of hydrogen-bond donors (Lipinski definition) is 4. The number of aliphatic carboxylic acids is 2. The van der Waals surface area contributed by atoms with Crippen LogP contribution in [0.4, 0.5) is 0 Å². The lowest BCUT2D eigenvalue weighted by atomic mass is 10.2. The first-order valence-corrected chi connectivity index (χ1v) is 6.22. The molecule has 0 aliphatic carbocycles. The number of carbonyl (C=O) groups excluding carboxylic acids is 1. The first-order chi connectivity index (χ1) is 7.99. The summed E-state index contributed by atoms with van der Waals surface area (Å²) in [6, 6.07) is -0.736. The zero-order valence-corrected chi connectivity index (χ0v) is 10.4. The summed E-state index contributed by atoms with van der Waals surface area (Å²) in [5, 5.41) is 18.6. The smallest absolute Gasteiger partial charge is 0.326 e. The number of nitrogens with one attached hydrogen (secondary N) is 1. The number of carboxylic acid groups (broad SMARTS) is 2. The molecule has 0 aliphatic heterocycles. The third-order valence-electron chi connectivity index (χ3n) is 1.54. The highest BCUT2D eigenvalue weighted by molar-refractivity contribution is 7.98. The SMILES string of the molecule is CSCC[C@H](NC=O)C(=O)O.NCCC(=O)O. The van der Waals surface area contributed by atoms with Crippen LogP contribution in [0, 0.1) is 0 Å². The summed E-state index contributed by atoms with van der Waals surface area (Å²) in [6.45, 7) is 0.231. The number of hydrogen-bond acceptors (Lipinski definition) is 5. The number of carboxylic acids is 2. The van der Waals surface area contributed by atoms with Crippen molar-refractivity contribution in [3.8, 4) is 0 Å². The van der Waals surface area contributed by atoms with E-state index in [2.05, 4.69) is 5.32 Å². The van der Waals surface area contributed by atoms with Gasteiger partial charge in [-0.15, -0.1) is 0 Å². The third-order valence-corrected chi connectivity index (χ3v) is 2.18. The fraction of sp³-hybridized carbons (Fsp3) is 0.667. The van der Waals surface area contributed by atoms with Gasteiger partial charge in [0, 0.05) is 6.54 Å². The minimum Gasteiger partial charge on any atom is -0.481 e. The molecule has 0 rings (SSSR count). The van der Waals surface area contributed by atoms with Crippen LogP contribution in [0.2, 0.25) is 0 Å². The van der Waals surface area contributed by atoms with Crippen LogP contribution in [-0.2, 0) is 14.4 Å². The van der Waals surface area contributed by atoms with Crippen molar-refractivity contribution in [3.05, 3.63) is 0 Å². The van der Waals surface area contributed by atoms with Crippen LogP contribution in [0.3, 0.4) is 0 Å². The van der Waals surface area contributed by atoms with Crippen LogP contribution in [0.5, 0.6) is 0 Å². The van der Waals surface area contributed by atoms with E-state index in [0.717, 1.165) is 5.75 Å². The van der Waals surface area contributed by atoms with Crippen molar-refractivity contribution in [1.29, 1.82) is 0 Å². The Labute approximate surface area is 104 Å². The molecule has 0 saturated heterocycles. The van der Waals surface area contributed by atoms with E-state index in [1.165, 1.54) is 0 Å². The summed E-state index contributed by atoms with van der Waals surface area (Å²) in [7, 11) is 0. The Morgan fingerprint density at radius 3 is 2.29 bits per heavy atom. The van der Waals surface area contributed by atoms with Gasteiger partial charge < -0.3 is 21.3 Å². The molecule has 0 aromatic heterocycles. The highest BCUT2D eigenvalue weighted by atomic mass is 32.2. The minimum atomic E-state index is -0.980. The molecular formula is C9H18N2O5S. The summed E-state index contributed by atoms with van der Waals surface area (Å²) in [6.07, 6.45) is 2.84. The van der Waals surface area contributed by atoms with Gasteiger partial charge in [-0.3, -0.25) is 9.59 Å². The highest BCUT2D eigenvalue weighted by Gasteiger charge is 2.14. The van der Waals surface area contributed by atoms with E-state index < -0.39 is 18.0 Å². The van der Waals surface area contributed by atoms with Crippen molar-refractivity contribution in [1.82, 2.24) is 5.32 Å². The highest BCUT2D eigenvalue weighted by Crippen LogP contribution is 1.99. The topological polar surface area (TPSA) is 130 Å². The average molecular weight is 266 g/mol. The van der Waals surface area contributed by atoms with Crippen molar-refractivity contribution in [3.63, 3.8) is 0 Å². The van der Waals surface area contributed by atoms with Crippen LogP contribution >= 0.6 is 11.8 Å². The second-order valence-corrected chi connectivity index (χ2v) is 3.87. The summed E-state index contributed by atoms with van der Waals surface area (Å²) < 4.78 is 0. The maximum absolute atomic E-state index is 10.4. The van der Waals surface area contributed by atoms with Crippen LogP contribution in [0.15, 0.2) is 0 Å². The van der Waals surface area contributed by atoms with Gasteiger partial charge in [0.25, 0.3) is 0 Å². The molecule has 1 atom stereocenters. The van der Waals surface area contributed by atoms with E-state index in [1.807, 2.05) is 6.26 Å². The first-order valence-electron chi connectivity index (χ1n) is 4.82. The van der Waals surface area contributed by atoms with E-state index in [4.69, 9.17) is 15.9 Å². The second-order valence-electron chi connectivity index (χ2n) is 2.89. The summed E-state index contributed by atoms with van der Waals surface area (Å²) in [5.74, 6) is -1.08. The normalized spacial score (nSPS) is 10.7. The second kappa shape index (κ2) is 12.8.